The summed E-state index contributed by atoms with van der Waals surface area (Å²) in [6.45, 7) is 7.70. The highest BCUT2D eigenvalue weighted by molar-refractivity contribution is 6.26. The van der Waals surface area contributed by atoms with Gasteiger partial charge in [-0.15, -0.1) is 4.68 Å². The fourth-order valence-electron chi connectivity index (χ4n) is 1.45. The van der Waals surface area contributed by atoms with E-state index in [1.54, 1.807) is 0 Å². The molecule has 0 heterocycles. The third-order valence-corrected chi connectivity index (χ3v) is 2.32. The van der Waals surface area contributed by atoms with E-state index in [2.05, 4.69) is 55.8 Å². The molecule has 0 aromatic carbocycles. The minimum atomic E-state index is 0.534. The van der Waals surface area contributed by atoms with E-state index >= 15 is 0 Å². The Kier molecular flexibility index (Phi) is 6.17. The summed E-state index contributed by atoms with van der Waals surface area (Å²) in [7, 11) is 6.17. The monoisotopic (exact) mass is 199 g/mol. The van der Waals surface area contributed by atoms with Crippen molar-refractivity contribution < 1.29 is 9.68 Å². The van der Waals surface area contributed by atoms with Crippen LogP contribution in [0, 0.1) is 5.92 Å². The molecule has 0 spiro atoms. The van der Waals surface area contributed by atoms with Crippen molar-refractivity contribution in [2.24, 2.45) is 5.92 Å². The molecule has 82 valence electrons. The summed E-state index contributed by atoms with van der Waals surface area (Å²) in [5.41, 5.74) is 1.31. The number of hydrogen-bond acceptors (Lipinski definition) is 1. The van der Waals surface area contributed by atoms with E-state index in [9.17, 15) is 0 Å². The van der Waals surface area contributed by atoms with Gasteiger partial charge in [-0.25, -0.2) is 4.99 Å². The lowest BCUT2D eigenvalue weighted by Crippen LogP contribution is -2.65. The molecule has 0 aromatic rings. The van der Waals surface area contributed by atoms with Crippen molar-refractivity contribution in [2.45, 2.75) is 27.2 Å². The first-order chi connectivity index (χ1) is 6.54. The average molecular weight is 199 g/mol. The van der Waals surface area contributed by atoms with Gasteiger partial charge in [-0.3, -0.25) is 0 Å². The van der Waals surface area contributed by atoms with E-state index in [0.717, 1.165) is 6.54 Å². The summed E-state index contributed by atoms with van der Waals surface area (Å²) in [6, 6.07) is 0. The molecular weight excluding hydrogens is 174 g/mol. The molecule has 0 aliphatic carbocycles. The third-order valence-electron chi connectivity index (χ3n) is 2.32. The van der Waals surface area contributed by atoms with E-state index in [-0.39, 0.29) is 0 Å². The van der Waals surface area contributed by atoms with E-state index in [0.29, 0.717) is 5.92 Å². The Balaban J connectivity index is 4.79. The maximum absolute atomic E-state index is 3.10. The molecule has 0 aliphatic rings. The van der Waals surface area contributed by atoms with E-state index < -0.39 is 0 Å². The van der Waals surface area contributed by atoms with Gasteiger partial charge in [0.1, 0.15) is 7.05 Å². The first kappa shape index (κ1) is 13.1. The first-order valence-corrected chi connectivity index (χ1v) is 5.36. The summed E-state index contributed by atoms with van der Waals surface area (Å²) < 4.78 is 2.21. The average Bonchev–Trinajstić information content (AvgIpc) is 2.13. The van der Waals surface area contributed by atoms with Gasteiger partial charge in [-0.1, -0.05) is 20.8 Å². The number of rotatable bonds is 5. The zero-order valence-corrected chi connectivity index (χ0v) is 10.5. The van der Waals surface area contributed by atoms with Gasteiger partial charge >= 0.3 is 0 Å². The van der Waals surface area contributed by atoms with Crippen molar-refractivity contribution in [3.05, 3.63) is 0 Å². The number of nitrogens with one attached hydrogen (secondary N) is 1. The van der Waals surface area contributed by atoms with E-state index in [1.807, 2.05) is 7.05 Å². The van der Waals surface area contributed by atoms with Crippen LogP contribution in [-0.4, -0.2) is 49.3 Å². The second-order valence-corrected chi connectivity index (χ2v) is 3.92. The van der Waals surface area contributed by atoms with Gasteiger partial charge in [0.15, 0.2) is 7.05 Å². The Hall–Kier alpha value is -0.860. The highest BCUT2D eigenvalue weighted by atomic mass is 15.5. The van der Waals surface area contributed by atoms with Gasteiger partial charge in [-0.2, -0.15) is 5.01 Å². The van der Waals surface area contributed by atoms with E-state index in [1.165, 1.54) is 12.1 Å². The Morgan fingerprint density at radius 3 is 2.43 bits per heavy atom. The Labute approximate surface area is 88.1 Å². The van der Waals surface area contributed by atoms with Crippen LogP contribution in [0.15, 0.2) is 0 Å². The largest absolute Gasteiger partial charge is 0.270 e. The van der Waals surface area contributed by atoms with Crippen molar-refractivity contribution >= 4 is 11.9 Å². The Bertz CT molecular complexity index is 217. The maximum Gasteiger partial charge on any atom is 0.270 e. The number of hydrazine groups is 1. The standard InChI is InChI=1S/C11H24N3/c1-7-8-13(5)14(6)11(9-12-4)10(2)3/h9-10H,7-8H2,1-6H3/q+1/p+1. The molecule has 3 nitrogen and oxygen atoms in total. The SMILES string of the molecule is CCCN(C)[N+](C)=C(C=[NH+]C)C(C)C. The number of nitrogens with zero attached hydrogens (tertiary/aromatic N) is 2. The molecule has 3 heteroatoms. The van der Waals surface area contributed by atoms with Gasteiger partial charge in [-0.05, 0) is 6.42 Å². The molecule has 0 radical (unpaired) electrons. The van der Waals surface area contributed by atoms with Crippen LogP contribution in [0.5, 0.6) is 0 Å². The molecule has 0 bridgehead atoms. The lowest BCUT2D eigenvalue weighted by atomic mass is 10.1. The van der Waals surface area contributed by atoms with Crippen molar-refractivity contribution in [2.75, 3.05) is 27.7 Å². The highest BCUT2D eigenvalue weighted by Crippen LogP contribution is 1.96. The van der Waals surface area contributed by atoms with E-state index in [4.69, 9.17) is 0 Å². The fourth-order valence-corrected chi connectivity index (χ4v) is 1.45. The maximum atomic E-state index is 3.10. The second kappa shape index (κ2) is 6.57. The minimum absolute atomic E-state index is 0.534. The zero-order chi connectivity index (χ0) is 11.1. The molecule has 0 saturated carbocycles. The molecule has 14 heavy (non-hydrogen) atoms. The molecule has 1 N–H and O–H groups in total. The molecule has 0 fully saturated rings. The number of hydrazone groups is 1. The normalized spacial score (nSPS) is 13.6. The van der Waals surface area contributed by atoms with Crippen molar-refractivity contribution in [3.63, 3.8) is 0 Å². The second-order valence-electron chi connectivity index (χ2n) is 3.92. The zero-order valence-electron chi connectivity index (χ0n) is 10.5. The van der Waals surface area contributed by atoms with Gasteiger partial charge < -0.3 is 0 Å². The molecule has 0 rings (SSSR count). The lowest BCUT2D eigenvalue weighted by Gasteiger charge is -2.14. The first-order valence-electron chi connectivity index (χ1n) is 5.36. The molecule has 0 unspecified atom stereocenters. The van der Waals surface area contributed by atoms with Gasteiger partial charge in [0.25, 0.3) is 5.71 Å². The molecule has 0 atom stereocenters. The van der Waals surface area contributed by atoms with Gasteiger partial charge in [0.2, 0.25) is 6.21 Å². The van der Waals surface area contributed by atoms with Crippen molar-refractivity contribution in [3.8, 4) is 0 Å². The summed E-state index contributed by atoms with van der Waals surface area (Å²) in [4.78, 5) is 3.10. The summed E-state index contributed by atoms with van der Waals surface area (Å²) in [5.74, 6) is 0.534. The Morgan fingerprint density at radius 1 is 1.50 bits per heavy atom. The topological polar surface area (TPSA) is 20.2 Å². The summed E-state index contributed by atoms with van der Waals surface area (Å²) in [6.07, 6.45) is 3.24. The molecule has 0 amide bonds. The lowest BCUT2D eigenvalue weighted by molar-refractivity contribution is -0.662. The minimum Gasteiger partial charge on any atom is -0.245 e. The quantitative estimate of drug-likeness (QED) is 0.368. The predicted octanol–water partition coefficient (Wildman–Crippen LogP) is -0.236. The van der Waals surface area contributed by atoms with Crippen LogP contribution >= 0.6 is 0 Å². The summed E-state index contributed by atoms with van der Waals surface area (Å²) >= 11 is 0. The number of hydrogen-bond donors (Lipinski definition) is 1. The van der Waals surface area contributed by atoms with Crippen LogP contribution in [0.3, 0.4) is 0 Å². The van der Waals surface area contributed by atoms with Crippen LogP contribution < -0.4 is 4.99 Å². The van der Waals surface area contributed by atoms with Gasteiger partial charge in [0, 0.05) is 5.92 Å². The molecule has 0 aliphatic heterocycles. The molecule has 0 aromatic heterocycles. The Morgan fingerprint density at radius 2 is 2.07 bits per heavy atom. The van der Waals surface area contributed by atoms with Crippen LogP contribution in [0.1, 0.15) is 27.2 Å². The summed E-state index contributed by atoms with van der Waals surface area (Å²) in [5, 5.41) is 2.24. The smallest absolute Gasteiger partial charge is 0.245 e. The van der Waals surface area contributed by atoms with Crippen LogP contribution in [0.4, 0.5) is 0 Å². The molecule has 0 saturated heterocycles. The predicted molar refractivity (Wildman–Crippen MR) is 61.9 cm³/mol. The van der Waals surface area contributed by atoms with Crippen LogP contribution in [0.2, 0.25) is 0 Å². The van der Waals surface area contributed by atoms with Crippen LogP contribution in [-0.2, 0) is 0 Å². The van der Waals surface area contributed by atoms with Crippen molar-refractivity contribution in [1.29, 1.82) is 0 Å². The van der Waals surface area contributed by atoms with Crippen molar-refractivity contribution in [1.82, 2.24) is 5.01 Å². The third kappa shape index (κ3) is 3.90. The highest BCUT2D eigenvalue weighted by Gasteiger charge is 2.18. The molecular formula is C11H25N3+2. The van der Waals surface area contributed by atoms with Crippen LogP contribution in [0.25, 0.3) is 0 Å². The van der Waals surface area contributed by atoms with Gasteiger partial charge in [0.05, 0.1) is 13.6 Å². The fraction of sp³-hybridized carbons (Fsp3) is 0.818.